The molecule has 0 unspecified atom stereocenters. The summed E-state index contributed by atoms with van der Waals surface area (Å²) in [5, 5.41) is 0.713. The number of aromatic nitrogens is 1. The summed E-state index contributed by atoms with van der Waals surface area (Å²) in [6, 6.07) is 14.6. The summed E-state index contributed by atoms with van der Waals surface area (Å²) in [4.78, 5) is 3.54. The molecule has 0 bridgehead atoms. The van der Waals surface area contributed by atoms with E-state index in [0.717, 1.165) is 23.0 Å². The van der Waals surface area contributed by atoms with E-state index >= 15 is 0 Å². The highest BCUT2D eigenvalue weighted by Crippen LogP contribution is 2.40. The van der Waals surface area contributed by atoms with E-state index in [0.29, 0.717) is 5.75 Å². The molecule has 0 amide bonds. The molecule has 0 radical (unpaired) electrons. The zero-order valence-corrected chi connectivity index (χ0v) is 21.0. The largest absolute Gasteiger partial charge is 0.573 e. The molecule has 0 aliphatic carbocycles. The number of sulfonamides is 1. The van der Waals surface area contributed by atoms with Crippen molar-refractivity contribution in [2.45, 2.75) is 11.3 Å². The van der Waals surface area contributed by atoms with Gasteiger partial charge in [-0.25, -0.2) is 8.42 Å². The van der Waals surface area contributed by atoms with E-state index in [1.807, 2.05) is 24.3 Å². The molecule has 4 aromatic rings. The van der Waals surface area contributed by atoms with Crippen LogP contribution in [0.4, 0.5) is 18.9 Å². The van der Waals surface area contributed by atoms with Crippen LogP contribution < -0.4 is 14.2 Å². The van der Waals surface area contributed by atoms with E-state index in [2.05, 4.69) is 30.4 Å². The average Bonchev–Trinajstić information content (AvgIpc) is 2.74. The number of benzene rings is 3. The first-order valence-electron chi connectivity index (χ1n) is 9.51. The summed E-state index contributed by atoms with van der Waals surface area (Å²) in [6.07, 6.45) is -3.63. The number of para-hydroxylation sites is 1. The van der Waals surface area contributed by atoms with Gasteiger partial charge in [0, 0.05) is 9.86 Å². The van der Waals surface area contributed by atoms with E-state index in [4.69, 9.17) is 27.9 Å². The first-order chi connectivity index (χ1) is 16.4. The average molecular weight is 608 g/mol. The van der Waals surface area contributed by atoms with Crippen LogP contribution in [0.2, 0.25) is 10.0 Å². The molecule has 3 aromatic carbocycles. The summed E-state index contributed by atoms with van der Waals surface area (Å²) in [6.45, 7) is 0. The lowest BCUT2D eigenvalue weighted by molar-refractivity contribution is -0.275. The summed E-state index contributed by atoms with van der Waals surface area (Å²) < 4.78 is 76.0. The highest BCUT2D eigenvalue weighted by molar-refractivity contribution is 9.10. The van der Waals surface area contributed by atoms with Crippen LogP contribution >= 0.6 is 39.1 Å². The monoisotopic (exact) mass is 606 g/mol. The molecule has 1 N–H and O–H groups in total. The Bertz CT molecular complexity index is 1510. The molecule has 35 heavy (non-hydrogen) atoms. The fraction of sp³-hybridized carbons (Fsp3) is 0.0455. The molecule has 4 rings (SSSR count). The standard InChI is InChI=1S/C22H12BrCl2F3N2O4S/c23-13-5-6-20(19(8-13)34-22(26,27)28)35(31,32)30-14-9-16(24)21(17(25)10-14)33-15-7-12-3-1-2-4-18(12)29-11-15/h1-11,30H. The molecule has 0 atom stereocenters. The lowest BCUT2D eigenvalue weighted by atomic mass is 10.2. The highest BCUT2D eigenvalue weighted by Gasteiger charge is 2.34. The van der Waals surface area contributed by atoms with Crippen LogP contribution in [0.25, 0.3) is 10.9 Å². The summed E-state index contributed by atoms with van der Waals surface area (Å²) in [5.41, 5.74) is 0.647. The van der Waals surface area contributed by atoms with Crippen molar-refractivity contribution in [3.05, 3.63) is 81.4 Å². The number of ether oxygens (including phenoxy) is 2. The smallest absolute Gasteiger partial charge is 0.453 e. The fourth-order valence-corrected chi connectivity index (χ4v) is 5.11. The second-order valence-corrected chi connectivity index (χ2v) is 10.4. The third-order valence-electron chi connectivity index (χ3n) is 4.46. The van der Waals surface area contributed by atoms with Crippen LogP contribution in [0.5, 0.6) is 17.2 Å². The van der Waals surface area contributed by atoms with Gasteiger partial charge in [-0.05, 0) is 42.5 Å². The number of fused-ring (bicyclic) bond motifs is 1. The van der Waals surface area contributed by atoms with Gasteiger partial charge in [-0.1, -0.05) is 57.3 Å². The van der Waals surface area contributed by atoms with Gasteiger partial charge < -0.3 is 9.47 Å². The topological polar surface area (TPSA) is 77.5 Å². The Morgan fingerprint density at radius 1 is 0.971 bits per heavy atom. The van der Waals surface area contributed by atoms with Crippen molar-refractivity contribution < 1.29 is 31.1 Å². The minimum Gasteiger partial charge on any atom is -0.453 e. The Morgan fingerprint density at radius 2 is 1.66 bits per heavy atom. The van der Waals surface area contributed by atoms with Crippen LogP contribution in [0.1, 0.15) is 0 Å². The van der Waals surface area contributed by atoms with Gasteiger partial charge in [-0.2, -0.15) is 0 Å². The number of pyridine rings is 1. The molecular formula is C22H12BrCl2F3N2O4S. The Kier molecular flexibility index (Phi) is 7.05. The predicted molar refractivity (Wildman–Crippen MR) is 130 cm³/mol. The molecule has 1 aromatic heterocycles. The van der Waals surface area contributed by atoms with E-state index < -0.39 is 27.0 Å². The summed E-state index contributed by atoms with van der Waals surface area (Å²) in [7, 11) is -4.53. The van der Waals surface area contributed by atoms with Gasteiger partial charge in [0.2, 0.25) is 0 Å². The molecule has 1 heterocycles. The third-order valence-corrected chi connectivity index (χ3v) is 6.93. The number of rotatable bonds is 6. The highest BCUT2D eigenvalue weighted by atomic mass is 79.9. The lowest BCUT2D eigenvalue weighted by Gasteiger charge is -2.16. The van der Waals surface area contributed by atoms with Crippen molar-refractivity contribution in [2.75, 3.05) is 4.72 Å². The van der Waals surface area contributed by atoms with E-state index in [-0.39, 0.29) is 26.0 Å². The van der Waals surface area contributed by atoms with Gasteiger partial charge in [0.1, 0.15) is 10.6 Å². The first-order valence-corrected chi connectivity index (χ1v) is 12.5. The quantitative estimate of drug-likeness (QED) is 0.242. The summed E-state index contributed by atoms with van der Waals surface area (Å²) in [5.74, 6) is -0.539. The SMILES string of the molecule is O=S(=O)(Nc1cc(Cl)c(Oc2cnc3ccccc3c2)c(Cl)c1)c1ccc(Br)cc1OC(F)(F)F. The van der Waals surface area contributed by atoms with E-state index in [9.17, 15) is 21.6 Å². The molecule has 0 aliphatic heterocycles. The first kappa shape index (κ1) is 25.4. The van der Waals surface area contributed by atoms with Crippen LogP contribution in [0.15, 0.2) is 76.2 Å². The minimum absolute atomic E-state index is 0.0399. The van der Waals surface area contributed by atoms with Gasteiger partial charge >= 0.3 is 6.36 Å². The zero-order valence-electron chi connectivity index (χ0n) is 17.1. The van der Waals surface area contributed by atoms with Crippen molar-refractivity contribution in [2.24, 2.45) is 0 Å². The number of halogens is 6. The van der Waals surface area contributed by atoms with Gasteiger partial charge in [0.15, 0.2) is 11.5 Å². The van der Waals surface area contributed by atoms with Crippen molar-refractivity contribution >= 4 is 65.7 Å². The molecule has 0 spiro atoms. The van der Waals surface area contributed by atoms with Crippen LogP contribution in [0.3, 0.4) is 0 Å². The minimum atomic E-state index is -5.10. The number of nitrogens with one attached hydrogen (secondary N) is 1. The Balaban J connectivity index is 1.62. The maximum absolute atomic E-state index is 12.8. The maximum Gasteiger partial charge on any atom is 0.573 e. The number of hydrogen-bond donors (Lipinski definition) is 1. The molecule has 0 saturated heterocycles. The molecule has 6 nitrogen and oxygen atoms in total. The molecule has 0 saturated carbocycles. The van der Waals surface area contributed by atoms with Gasteiger partial charge in [0.25, 0.3) is 10.0 Å². The molecule has 182 valence electrons. The molecule has 13 heteroatoms. The van der Waals surface area contributed by atoms with Crippen molar-refractivity contribution in [1.29, 1.82) is 0 Å². The van der Waals surface area contributed by atoms with E-state index in [1.165, 1.54) is 24.4 Å². The Hall–Kier alpha value is -2.73. The van der Waals surface area contributed by atoms with Crippen LogP contribution in [-0.2, 0) is 10.0 Å². The second-order valence-electron chi connectivity index (χ2n) is 6.98. The van der Waals surface area contributed by atoms with Gasteiger partial charge in [0.05, 0.1) is 27.4 Å². The second kappa shape index (κ2) is 9.73. The molecule has 0 aliphatic rings. The number of anilines is 1. The predicted octanol–water partition coefficient (Wildman–Crippen LogP) is 7.80. The maximum atomic E-state index is 12.8. The molecular weight excluding hydrogens is 596 g/mol. The zero-order chi connectivity index (χ0) is 25.4. The summed E-state index contributed by atoms with van der Waals surface area (Å²) >= 11 is 15.5. The third kappa shape index (κ3) is 6.10. The lowest BCUT2D eigenvalue weighted by Crippen LogP contribution is -2.21. The van der Waals surface area contributed by atoms with Crippen molar-refractivity contribution in [3.63, 3.8) is 0 Å². The molecule has 0 fully saturated rings. The number of hydrogen-bond acceptors (Lipinski definition) is 5. The van der Waals surface area contributed by atoms with Crippen LogP contribution in [-0.4, -0.2) is 19.8 Å². The Labute approximate surface area is 215 Å². The van der Waals surface area contributed by atoms with Crippen molar-refractivity contribution in [1.82, 2.24) is 4.98 Å². The normalized spacial score (nSPS) is 11.9. The van der Waals surface area contributed by atoms with Gasteiger partial charge in [-0.3, -0.25) is 9.71 Å². The van der Waals surface area contributed by atoms with Gasteiger partial charge in [-0.15, -0.1) is 13.2 Å². The number of nitrogens with zero attached hydrogens (tertiary/aromatic N) is 1. The van der Waals surface area contributed by atoms with Crippen molar-refractivity contribution in [3.8, 4) is 17.2 Å². The van der Waals surface area contributed by atoms with E-state index in [1.54, 1.807) is 6.07 Å². The Morgan fingerprint density at radius 3 is 2.34 bits per heavy atom. The fourth-order valence-electron chi connectivity index (χ4n) is 3.06. The van der Waals surface area contributed by atoms with Crippen LogP contribution in [0, 0.1) is 0 Å². The number of alkyl halides is 3.